The molecule has 9 nitrogen and oxygen atoms in total. The van der Waals surface area contributed by atoms with E-state index in [4.69, 9.17) is 29.2 Å². The minimum atomic E-state index is 0.490. The summed E-state index contributed by atoms with van der Waals surface area (Å²) in [6.07, 6.45) is 5.66. The number of imidazole rings is 1. The van der Waals surface area contributed by atoms with Gasteiger partial charge in [0.2, 0.25) is 5.88 Å². The Morgan fingerprint density at radius 3 is 2.51 bits per heavy atom. The van der Waals surface area contributed by atoms with Crippen LogP contribution < -0.4 is 18.9 Å². The van der Waals surface area contributed by atoms with Crippen LogP contribution in [-0.4, -0.2) is 51.1 Å². The van der Waals surface area contributed by atoms with Gasteiger partial charge in [0, 0.05) is 11.8 Å². The third kappa shape index (κ3) is 4.97. The van der Waals surface area contributed by atoms with Gasteiger partial charge in [-0.15, -0.1) is 0 Å². The van der Waals surface area contributed by atoms with E-state index in [-0.39, 0.29) is 0 Å². The molecule has 0 atom stereocenters. The van der Waals surface area contributed by atoms with Gasteiger partial charge in [-0.1, -0.05) is 36.9 Å². The molecular formula is C25H28N6O3S. The lowest BCUT2D eigenvalue weighted by Gasteiger charge is -2.16. The first-order chi connectivity index (χ1) is 17.2. The van der Waals surface area contributed by atoms with Crippen molar-refractivity contribution in [1.82, 2.24) is 24.5 Å². The lowest BCUT2D eigenvalue weighted by molar-refractivity contribution is 0.327. The van der Waals surface area contributed by atoms with Gasteiger partial charge in [0.25, 0.3) is 0 Å². The summed E-state index contributed by atoms with van der Waals surface area (Å²) in [4.78, 5) is 19.0. The number of pyridine rings is 1. The zero-order valence-corrected chi connectivity index (χ0v) is 20.8. The second-order valence-corrected chi connectivity index (χ2v) is 9.06. The third-order valence-electron chi connectivity index (χ3n) is 5.74. The Kier molecular flexibility index (Phi) is 6.89. The van der Waals surface area contributed by atoms with Crippen molar-refractivity contribution in [1.29, 1.82) is 0 Å². The second kappa shape index (κ2) is 10.4. The number of rotatable bonds is 11. The summed E-state index contributed by atoms with van der Waals surface area (Å²) in [7, 11) is 3.25. The highest BCUT2D eigenvalue weighted by atomic mass is 32.2. The van der Waals surface area contributed by atoms with Gasteiger partial charge in [-0.05, 0) is 37.5 Å². The summed E-state index contributed by atoms with van der Waals surface area (Å²) < 4.78 is 22.2. The normalized spacial score (nSPS) is 13.1. The fourth-order valence-electron chi connectivity index (χ4n) is 3.87. The predicted octanol–water partition coefficient (Wildman–Crippen LogP) is 5.15. The van der Waals surface area contributed by atoms with E-state index in [1.807, 2.05) is 47.9 Å². The number of ether oxygens (including phenoxy) is 3. The van der Waals surface area contributed by atoms with Crippen LogP contribution in [0.25, 0.3) is 28.5 Å². The Morgan fingerprint density at radius 2 is 1.80 bits per heavy atom. The smallest absolute Gasteiger partial charge is 0.213 e. The molecule has 0 bridgehead atoms. The van der Waals surface area contributed by atoms with Crippen LogP contribution >= 0.6 is 11.9 Å². The molecule has 0 aliphatic heterocycles. The number of nitrogens with one attached hydrogen (secondary N) is 1. The Balaban J connectivity index is 1.62. The molecule has 1 aliphatic carbocycles. The van der Waals surface area contributed by atoms with Crippen LogP contribution in [0.3, 0.4) is 0 Å². The maximum atomic E-state index is 5.69. The maximum Gasteiger partial charge on any atom is 0.213 e. The lowest BCUT2D eigenvalue weighted by atomic mass is 10.2. The van der Waals surface area contributed by atoms with E-state index in [0.717, 1.165) is 11.7 Å². The summed E-state index contributed by atoms with van der Waals surface area (Å²) in [5, 5.41) is 0. The molecule has 1 aliphatic rings. The molecule has 35 heavy (non-hydrogen) atoms. The Bertz CT molecular complexity index is 1300. The standard InChI is InChI=1S/C25H28N6O3S/c1-4-34-21-10-5-7-17(27-21)24-29-23-25(26-15-20(28-23)30-35-14-13-16-11-12-16)31(24)22-18(32-2)8-6-9-19(22)33-3/h5-10,15-16H,4,11-14H2,1-3H3,(H,28,30). The molecule has 4 aromatic rings. The van der Waals surface area contributed by atoms with Gasteiger partial charge in [0.15, 0.2) is 22.9 Å². The summed E-state index contributed by atoms with van der Waals surface area (Å²) in [6, 6.07) is 11.2. The zero-order valence-electron chi connectivity index (χ0n) is 20.0. The van der Waals surface area contributed by atoms with Crippen molar-refractivity contribution in [2.45, 2.75) is 26.2 Å². The number of fused-ring (bicyclic) bond motifs is 1. The number of methoxy groups -OCH3 is 2. The highest BCUT2D eigenvalue weighted by Crippen LogP contribution is 2.38. The molecule has 0 saturated heterocycles. The monoisotopic (exact) mass is 492 g/mol. The quantitative estimate of drug-likeness (QED) is 0.225. The summed E-state index contributed by atoms with van der Waals surface area (Å²) >= 11 is 1.65. The Hall–Kier alpha value is -3.53. The second-order valence-electron chi connectivity index (χ2n) is 8.16. The largest absolute Gasteiger partial charge is 0.494 e. The molecule has 0 spiro atoms. The van der Waals surface area contributed by atoms with E-state index in [9.17, 15) is 0 Å². The third-order valence-corrected chi connectivity index (χ3v) is 6.54. The predicted molar refractivity (Wildman–Crippen MR) is 138 cm³/mol. The van der Waals surface area contributed by atoms with Crippen molar-refractivity contribution in [3.8, 4) is 34.6 Å². The molecule has 0 amide bonds. The average molecular weight is 493 g/mol. The van der Waals surface area contributed by atoms with E-state index >= 15 is 0 Å². The van der Waals surface area contributed by atoms with Gasteiger partial charge < -0.3 is 18.9 Å². The van der Waals surface area contributed by atoms with E-state index in [1.54, 1.807) is 32.4 Å². The maximum absolute atomic E-state index is 5.69. The number of benzene rings is 1. The van der Waals surface area contributed by atoms with Crippen molar-refractivity contribution >= 4 is 29.1 Å². The van der Waals surface area contributed by atoms with E-state index in [1.165, 1.54) is 19.3 Å². The molecule has 3 heterocycles. The molecule has 10 heteroatoms. The topological polar surface area (TPSA) is 96.2 Å². The fraction of sp³-hybridized carbons (Fsp3) is 0.360. The van der Waals surface area contributed by atoms with Crippen LogP contribution in [0.15, 0.2) is 42.6 Å². The first-order valence-corrected chi connectivity index (χ1v) is 12.6. The minimum Gasteiger partial charge on any atom is -0.494 e. The highest BCUT2D eigenvalue weighted by Gasteiger charge is 2.24. The van der Waals surface area contributed by atoms with E-state index in [0.29, 0.717) is 58.3 Å². The Labute approximate surface area is 208 Å². The zero-order chi connectivity index (χ0) is 24.2. The van der Waals surface area contributed by atoms with E-state index < -0.39 is 0 Å². The van der Waals surface area contributed by atoms with Crippen molar-refractivity contribution in [3.63, 3.8) is 0 Å². The number of nitrogens with zero attached hydrogens (tertiary/aromatic N) is 5. The summed E-state index contributed by atoms with van der Waals surface area (Å²) in [5.41, 5.74) is 2.36. The summed E-state index contributed by atoms with van der Waals surface area (Å²) in [6.45, 7) is 2.44. The number of aromatic nitrogens is 5. The SMILES string of the molecule is CCOc1cccc(-c2nc3nc(NSCCC4CC4)cnc3n2-c2c(OC)cccc2OC)n1. The van der Waals surface area contributed by atoms with Crippen LogP contribution in [0, 0.1) is 5.92 Å². The fourth-order valence-corrected chi connectivity index (χ4v) is 4.67. The molecule has 1 aromatic carbocycles. The molecule has 182 valence electrons. The van der Waals surface area contributed by atoms with Gasteiger partial charge in [-0.2, -0.15) is 0 Å². The molecule has 5 rings (SSSR count). The lowest BCUT2D eigenvalue weighted by Crippen LogP contribution is -2.05. The molecule has 1 fully saturated rings. The first-order valence-electron chi connectivity index (χ1n) is 11.7. The number of hydrogen-bond acceptors (Lipinski definition) is 9. The number of hydrogen-bond donors (Lipinski definition) is 1. The molecular weight excluding hydrogens is 464 g/mol. The van der Waals surface area contributed by atoms with Gasteiger partial charge in [0.05, 0.1) is 27.0 Å². The molecule has 1 N–H and O–H groups in total. The molecule has 1 saturated carbocycles. The van der Waals surface area contributed by atoms with Gasteiger partial charge >= 0.3 is 0 Å². The van der Waals surface area contributed by atoms with Crippen molar-refractivity contribution in [2.24, 2.45) is 5.92 Å². The van der Waals surface area contributed by atoms with Gasteiger partial charge in [-0.25, -0.2) is 19.9 Å². The van der Waals surface area contributed by atoms with Crippen LogP contribution in [0.5, 0.6) is 17.4 Å². The average Bonchev–Trinajstić information content (AvgIpc) is 3.64. The molecule has 0 unspecified atom stereocenters. The minimum absolute atomic E-state index is 0.490. The summed E-state index contributed by atoms with van der Waals surface area (Å²) in [5.74, 6) is 4.91. The van der Waals surface area contributed by atoms with E-state index in [2.05, 4.69) is 9.71 Å². The number of para-hydroxylation sites is 1. The molecule has 3 aromatic heterocycles. The van der Waals surface area contributed by atoms with Crippen molar-refractivity contribution in [3.05, 3.63) is 42.6 Å². The Morgan fingerprint density at radius 1 is 1.03 bits per heavy atom. The van der Waals surface area contributed by atoms with Crippen molar-refractivity contribution in [2.75, 3.05) is 31.3 Å². The number of anilines is 1. The van der Waals surface area contributed by atoms with Gasteiger partial charge in [-0.3, -0.25) is 4.57 Å². The van der Waals surface area contributed by atoms with Crippen LogP contribution in [0.1, 0.15) is 26.2 Å². The van der Waals surface area contributed by atoms with Crippen molar-refractivity contribution < 1.29 is 14.2 Å². The highest BCUT2D eigenvalue weighted by molar-refractivity contribution is 8.00. The van der Waals surface area contributed by atoms with Crippen LogP contribution in [-0.2, 0) is 0 Å². The van der Waals surface area contributed by atoms with Crippen LogP contribution in [0.2, 0.25) is 0 Å². The van der Waals surface area contributed by atoms with Gasteiger partial charge in [0.1, 0.15) is 22.9 Å². The van der Waals surface area contributed by atoms with Crippen LogP contribution in [0.4, 0.5) is 5.82 Å². The first kappa shape index (κ1) is 23.2. The molecule has 0 radical (unpaired) electrons.